The molecule has 1 spiro atoms. The molecule has 0 aromatic carbocycles. The molecule has 2 bridgehead atoms. The number of piperidine rings is 1. The highest BCUT2D eigenvalue weighted by Gasteiger charge is 2.46. The SMILES string of the molecule is c1cn(CCCN2CCOC3(C[C@H]4CC[C@@H](C3)N4)C2)cn1. The number of fused-ring (bicyclic) bond motifs is 2. The Morgan fingerprint density at radius 1 is 1.24 bits per heavy atom. The normalized spacial score (nSPS) is 36.4. The van der Waals surface area contributed by atoms with E-state index in [0.29, 0.717) is 12.1 Å². The minimum absolute atomic E-state index is 0.143. The summed E-state index contributed by atoms with van der Waals surface area (Å²) in [6.07, 6.45) is 12.1. The lowest BCUT2D eigenvalue weighted by Crippen LogP contribution is -2.59. The van der Waals surface area contributed by atoms with Crippen LogP contribution in [0.3, 0.4) is 0 Å². The monoisotopic (exact) mass is 290 g/mol. The Hall–Kier alpha value is -0.910. The summed E-state index contributed by atoms with van der Waals surface area (Å²) in [5.74, 6) is 0. The molecule has 1 aromatic rings. The summed E-state index contributed by atoms with van der Waals surface area (Å²) in [5.41, 5.74) is 0.143. The number of hydrogen-bond donors (Lipinski definition) is 1. The van der Waals surface area contributed by atoms with Gasteiger partial charge < -0.3 is 14.6 Å². The van der Waals surface area contributed by atoms with Crippen molar-refractivity contribution in [3.8, 4) is 0 Å². The summed E-state index contributed by atoms with van der Waals surface area (Å²) in [6, 6.07) is 1.41. The van der Waals surface area contributed by atoms with Gasteiger partial charge >= 0.3 is 0 Å². The first-order valence-electron chi connectivity index (χ1n) is 8.39. The van der Waals surface area contributed by atoms with Gasteiger partial charge in [-0.25, -0.2) is 4.98 Å². The number of aromatic nitrogens is 2. The van der Waals surface area contributed by atoms with Gasteiger partial charge in [0.2, 0.25) is 0 Å². The summed E-state index contributed by atoms with van der Waals surface area (Å²) in [5, 5.41) is 3.73. The van der Waals surface area contributed by atoms with Crippen molar-refractivity contribution in [3.63, 3.8) is 0 Å². The lowest BCUT2D eigenvalue weighted by Gasteiger charge is -2.47. The molecule has 0 saturated carbocycles. The topological polar surface area (TPSA) is 42.3 Å². The highest BCUT2D eigenvalue weighted by atomic mass is 16.5. The molecule has 3 fully saturated rings. The molecule has 0 aliphatic carbocycles. The number of imidazole rings is 1. The van der Waals surface area contributed by atoms with Crippen molar-refractivity contribution >= 4 is 0 Å². The van der Waals surface area contributed by atoms with Crippen LogP contribution < -0.4 is 5.32 Å². The van der Waals surface area contributed by atoms with Crippen molar-refractivity contribution in [3.05, 3.63) is 18.7 Å². The minimum Gasteiger partial charge on any atom is -0.372 e. The zero-order valence-electron chi connectivity index (χ0n) is 12.7. The van der Waals surface area contributed by atoms with Gasteiger partial charge in [0, 0.05) is 50.7 Å². The number of ether oxygens (including phenoxy) is 1. The van der Waals surface area contributed by atoms with E-state index < -0.39 is 0 Å². The fourth-order valence-corrected chi connectivity index (χ4v) is 4.46. The number of rotatable bonds is 4. The van der Waals surface area contributed by atoms with E-state index in [1.165, 1.54) is 38.6 Å². The molecule has 3 aliphatic rings. The molecule has 1 unspecified atom stereocenters. The van der Waals surface area contributed by atoms with Gasteiger partial charge in [0.25, 0.3) is 0 Å². The molecule has 0 amide bonds. The van der Waals surface area contributed by atoms with Crippen molar-refractivity contribution in [2.24, 2.45) is 0 Å². The zero-order chi connectivity index (χ0) is 14.1. The third kappa shape index (κ3) is 3.00. The van der Waals surface area contributed by atoms with Gasteiger partial charge in [0.05, 0.1) is 18.5 Å². The lowest BCUT2D eigenvalue weighted by molar-refractivity contribution is -0.131. The second-order valence-electron chi connectivity index (χ2n) is 7.01. The van der Waals surface area contributed by atoms with Crippen LogP contribution in [0.4, 0.5) is 0 Å². The van der Waals surface area contributed by atoms with E-state index in [0.717, 1.165) is 26.2 Å². The molecule has 4 rings (SSSR count). The van der Waals surface area contributed by atoms with Gasteiger partial charge in [-0.05, 0) is 32.1 Å². The van der Waals surface area contributed by atoms with Gasteiger partial charge in [-0.1, -0.05) is 0 Å². The van der Waals surface area contributed by atoms with Crippen molar-refractivity contribution in [1.82, 2.24) is 19.8 Å². The van der Waals surface area contributed by atoms with Crippen LogP contribution in [0.2, 0.25) is 0 Å². The van der Waals surface area contributed by atoms with Crippen LogP contribution >= 0.6 is 0 Å². The molecule has 0 radical (unpaired) electrons. The average Bonchev–Trinajstić information content (AvgIpc) is 3.09. The number of aryl methyl sites for hydroxylation is 1. The largest absolute Gasteiger partial charge is 0.372 e. The van der Waals surface area contributed by atoms with Gasteiger partial charge in [0.1, 0.15) is 0 Å². The molecule has 3 atom stereocenters. The fraction of sp³-hybridized carbons (Fsp3) is 0.812. The van der Waals surface area contributed by atoms with Crippen LogP contribution in [-0.4, -0.2) is 58.4 Å². The number of morpholine rings is 1. The smallest absolute Gasteiger partial charge is 0.0945 e. The average molecular weight is 290 g/mol. The van der Waals surface area contributed by atoms with Crippen LogP contribution in [0, 0.1) is 0 Å². The first kappa shape index (κ1) is 13.7. The number of hydrogen-bond acceptors (Lipinski definition) is 4. The zero-order valence-corrected chi connectivity index (χ0v) is 12.7. The maximum Gasteiger partial charge on any atom is 0.0945 e. The van der Waals surface area contributed by atoms with Gasteiger partial charge in [0.15, 0.2) is 0 Å². The molecular weight excluding hydrogens is 264 g/mol. The summed E-state index contributed by atoms with van der Waals surface area (Å²) in [4.78, 5) is 6.72. The third-order valence-corrected chi connectivity index (χ3v) is 5.35. The highest BCUT2D eigenvalue weighted by molar-refractivity contribution is 5.03. The summed E-state index contributed by atoms with van der Waals surface area (Å²) < 4.78 is 8.44. The molecule has 21 heavy (non-hydrogen) atoms. The molecule has 1 aromatic heterocycles. The first-order chi connectivity index (χ1) is 10.3. The van der Waals surface area contributed by atoms with Gasteiger partial charge in [-0.15, -0.1) is 0 Å². The second kappa shape index (κ2) is 5.71. The van der Waals surface area contributed by atoms with Crippen molar-refractivity contribution in [2.75, 3.05) is 26.2 Å². The third-order valence-electron chi connectivity index (χ3n) is 5.35. The predicted molar refractivity (Wildman–Crippen MR) is 81.1 cm³/mol. The summed E-state index contributed by atoms with van der Waals surface area (Å²) in [6.45, 7) is 5.37. The Morgan fingerprint density at radius 2 is 2.10 bits per heavy atom. The predicted octanol–water partition coefficient (Wildman–Crippen LogP) is 1.26. The van der Waals surface area contributed by atoms with E-state index in [2.05, 4.69) is 19.8 Å². The molecule has 3 aliphatic heterocycles. The van der Waals surface area contributed by atoms with E-state index in [1.807, 2.05) is 18.7 Å². The Labute approximate surface area is 126 Å². The van der Waals surface area contributed by atoms with Crippen LogP contribution in [-0.2, 0) is 11.3 Å². The van der Waals surface area contributed by atoms with E-state index in [1.54, 1.807) is 0 Å². The quantitative estimate of drug-likeness (QED) is 0.906. The molecule has 1 N–H and O–H groups in total. The number of nitrogens with zero attached hydrogens (tertiary/aromatic N) is 3. The van der Waals surface area contributed by atoms with E-state index in [9.17, 15) is 0 Å². The van der Waals surface area contributed by atoms with Gasteiger partial charge in [-0.2, -0.15) is 0 Å². The van der Waals surface area contributed by atoms with E-state index in [-0.39, 0.29) is 5.60 Å². The minimum atomic E-state index is 0.143. The fourth-order valence-electron chi connectivity index (χ4n) is 4.46. The maximum atomic E-state index is 6.27. The summed E-state index contributed by atoms with van der Waals surface area (Å²) in [7, 11) is 0. The molecule has 3 saturated heterocycles. The van der Waals surface area contributed by atoms with Crippen molar-refractivity contribution < 1.29 is 4.74 Å². The molecule has 5 nitrogen and oxygen atoms in total. The Bertz CT molecular complexity index is 449. The Kier molecular flexibility index (Phi) is 3.73. The first-order valence-corrected chi connectivity index (χ1v) is 8.39. The lowest BCUT2D eigenvalue weighted by atomic mass is 9.85. The van der Waals surface area contributed by atoms with Crippen LogP contribution in [0.5, 0.6) is 0 Å². The molecular formula is C16H26N4O. The maximum absolute atomic E-state index is 6.27. The highest BCUT2D eigenvalue weighted by Crippen LogP contribution is 2.38. The molecule has 4 heterocycles. The molecule has 116 valence electrons. The van der Waals surface area contributed by atoms with Crippen molar-refractivity contribution in [2.45, 2.75) is 56.3 Å². The number of nitrogens with one attached hydrogen (secondary N) is 1. The molecule has 5 heteroatoms. The van der Waals surface area contributed by atoms with Crippen molar-refractivity contribution in [1.29, 1.82) is 0 Å². The Morgan fingerprint density at radius 3 is 2.86 bits per heavy atom. The van der Waals surface area contributed by atoms with Crippen LogP contribution in [0.15, 0.2) is 18.7 Å². The Balaban J connectivity index is 1.31. The van der Waals surface area contributed by atoms with Crippen LogP contribution in [0.25, 0.3) is 0 Å². The summed E-state index contributed by atoms with van der Waals surface area (Å²) >= 11 is 0. The second-order valence-corrected chi connectivity index (χ2v) is 7.01. The van der Waals surface area contributed by atoms with Gasteiger partial charge in [-0.3, -0.25) is 4.90 Å². The standard InChI is InChI=1S/C16H26N4O/c1(6-20-7-4-17-13-20)5-19-8-9-21-16(12-19)10-14-2-3-15(11-16)18-14/h4,7,13-15,18H,1-3,5-6,8-12H2/t14-,15+,16?. The van der Waals surface area contributed by atoms with Crippen LogP contribution in [0.1, 0.15) is 32.1 Å². The van der Waals surface area contributed by atoms with E-state index in [4.69, 9.17) is 4.74 Å². The van der Waals surface area contributed by atoms with E-state index >= 15 is 0 Å².